The number of rotatable bonds is 3. The van der Waals surface area contributed by atoms with Crippen molar-refractivity contribution >= 4 is 5.91 Å². The molecule has 0 unspecified atom stereocenters. The lowest BCUT2D eigenvalue weighted by Gasteiger charge is -2.06. The number of pyridine rings is 1. The third-order valence-corrected chi connectivity index (χ3v) is 2.55. The van der Waals surface area contributed by atoms with E-state index in [1.54, 1.807) is 30.5 Å². The average Bonchev–Trinajstić information content (AvgIpc) is 2.37. The van der Waals surface area contributed by atoms with Crippen molar-refractivity contribution in [3.8, 4) is 0 Å². The van der Waals surface area contributed by atoms with Crippen molar-refractivity contribution in [1.82, 2.24) is 10.3 Å². The number of amides is 1. The lowest BCUT2D eigenvalue weighted by Crippen LogP contribution is -2.24. The van der Waals surface area contributed by atoms with E-state index >= 15 is 0 Å². The number of carbonyl (C=O) groups is 1. The summed E-state index contributed by atoms with van der Waals surface area (Å²) in [5, 5.41) is 2.64. The van der Waals surface area contributed by atoms with E-state index < -0.39 is 0 Å². The molecule has 2 rings (SSSR count). The lowest BCUT2D eigenvalue weighted by atomic mass is 10.2. The minimum Gasteiger partial charge on any atom is -0.347 e. The van der Waals surface area contributed by atoms with Gasteiger partial charge in [0.15, 0.2) is 0 Å². The van der Waals surface area contributed by atoms with Crippen molar-refractivity contribution in [2.75, 3.05) is 0 Å². The van der Waals surface area contributed by atoms with Crippen molar-refractivity contribution in [2.45, 2.75) is 13.5 Å². The number of nitrogens with zero attached hydrogens (tertiary/aromatic N) is 1. The van der Waals surface area contributed by atoms with Gasteiger partial charge in [-0.3, -0.25) is 9.78 Å². The van der Waals surface area contributed by atoms with Crippen LogP contribution in [-0.2, 0) is 6.54 Å². The highest BCUT2D eigenvalue weighted by Gasteiger charge is 2.08. The van der Waals surface area contributed by atoms with Crippen LogP contribution in [0.25, 0.3) is 0 Å². The third-order valence-electron chi connectivity index (χ3n) is 2.55. The Kier molecular flexibility index (Phi) is 3.67. The predicted molar refractivity (Wildman–Crippen MR) is 66.5 cm³/mol. The van der Waals surface area contributed by atoms with Crippen LogP contribution in [0.5, 0.6) is 0 Å². The van der Waals surface area contributed by atoms with Crippen LogP contribution in [0.4, 0.5) is 4.39 Å². The zero-order valence-corrected chi connectivity index (χ0v) is 9.98. The summed E-state index contributed by atoms with van der Waals surface area (Å²) in [5.41, 5.74) is 1.76. The van der Waals surface area contributed by atoms with Gasteiger partial charge in [-0.25, -0.2) is 4.39 Å². The maximum Gasteiger partial charge on any atom is 0.270 e. The number of aromatic nitrogens is 1. The smallest absolute Gasteiger partial charge is 0.270 e. The van der Waals surface area contributed by atoms with E-state index in [2.05, 4.69) is 10.3 Å². The quantitative estimate of drug-likeness (QED) is 0.901. The van der Waals surface area contributed by atoms with E-state index in [0.717, 1.165) is 5.56 Å². The second-order valence-corrected chi connectivity index (χ2v) is 3.99. The molecule has 1 N–H and O–H groups in total. The standard InChI is InChI=1S/C14H13FN2O/c1-10-6-7-16-13(8-10)14(18)17-9-11-4-2-3-5-12(11)15/h2-8H,9H2,1H3,(H,17,18). The number of benzene rings is 1. The fourth-order valence-corrected chi connectivity index (χ4v) is 1.57. The van der Waals surface area contributed by atoms with E-state index in [1.807, 2.05) is 13.0 Å². The molecular formula is C14H13FN2O. The van der Waals surface area contributed by atoms with Crippen LogP contribution in [-0.4, -0.2) is 10.9 Å². The summed E-state index contributed by atoms with van der Waals surface area (Å²) in [6.07, 6.45) is 1.58. The SMILES string of the molecule is Cc1ccnc(C(=O)NCc2ccccc2F)c1. The molecule has 3 nitrogen and oxygen atoms in total. The first kappa shape index (κ1) is 12.2. The van der Waals surface area contributed by atoms with E-state index in [-0.39, 0.29) is 18.3 Å². The van der Waals surface area contributed by atoms with Gasteiger partial charge < -0.3 is 5.32 Å². The Hall–Kier alpha value is -2.23. The molecule has 2 aromatic rings. The Bertz CT molecular complexity index is 569. The number of aryl methyl sites for hydroxylation is 1. The monoisotopic (exact) mass is 244 g/mol. The molecular weight excluding hydrogens is 231 g/mol. The highest BCUT2D eigenvalue weighted by Crippen LogP contribution is 2.06. The largest absolute Gasteiger partial charge is 0.347 e. The molecule has 1 aromatic heterocycles. The van der Waals surface area contributed by atoms with Crippen LogP contribution in [0.2, 0.25) is 0 Å². The zero-order valence-electron chi connectivity index (χ0n) is 9.98. The normalized spacial score (nSPS) is 10.1. The molecule has 0 bridgehead atoms. The molecule has 0 spiro atoms. The zero-order chi connectivity index (χ0) is 13.0. The van der Waals surface area contributed by atoms with Crippen molar-refractivity contribution in [3.05, 3.63) is 65.2 Å². The molecule has 18 heavy (non-hydrogen) atoms. The summed E-state index contributed by atoms with van der Waals surface area (Å²) in [7, 11) is 0. The second-order valence-electron chi connectivity index (χ2n) is 3.99. The highest BCUT2D eigenvalue weighted by molar-refractivity contribution is 5.92. The number of carbonyl (C=O) groups excluding carboxylic acids is 1. The molecule has 0 atom stereocenters. The van der Waals surface area contributed by atoms with Crippen LogP contribution in [0, 0.1) is 12.7 Å². The van der Waals surface area contributed by atoms with Crippen LogP contribution < -0.4 is 5.32 Å². The minimum absolute atomic E-state index is 0.154. The second kappa shape index (κ2) is 5.40. The molecule has 0 radical (unpaired) electrons. The van der Waals surface area contributed by atoms with Crippen LogP contribution in [0.3, 0.4) is 0 Å². The number of hydrogen-bond acceptors (Lipinski definition) is 2. The summed E-state index contributed by atoms with van der Waals surface area (Å²) in [6.45, 7) is 2.04. The third kappa shape index (κ3) is 2.91. The Morgan fingerprint density at radius 3 is 2.83 bits per heavy atom. The van der Waals surface area contributed by atoms with Crippen LogP contribution in [0.1, 0.15) is 21.6 Å². The molecule has 4 heteroatoms. The summed E-state index contributed by atoms with van der Waals surface area (Å²) in [5.74, 6) is -0.628. The molecule has 92 valence electrons. The van der Waals surface area contributed by atoms with E-state index in [9.17, 15) is 9.18 Å². The summed E-state index contributed by atoms with van der Waals surface area (Å²) >= 11 is 0. The van der Waals surface area contributed by atoms with Gasteiger partial charge in [0.05, 0.1) is 0 Å². The van der Waals surface area contributed by atoms with Crippen LogP contribution >= 0.6 is 0 Å². The topological polar surface area (TPSA) is 42.0 Å². The lowest BCUT2D eigenvalue weighted by molar-refractivity contribution is 0.0945. The molecule has 0 saturated carbocycles. The van der Waals surface area contributed by atoms with Gasteiger partial charge in [0, 0.05) is 18.3 Å². The van der Waals surface area contributed by atoms with Gasteiger partial charge in [-0.2, -0.15) is 0 Å². The maximum atomic E-state index is 13.3. The van der Waals surface area contributed by atoms with Gasteiger partial charge in [-0.15, -0.1) is 0 Å². The van der Waals surface area contributed by atoms with Gasteiger partial charge in [-0.1, -0.05) is 18.2 Å². The maximum absolute atomic E-state index is 13.3. The summed E-state index contributed by atoms with van der Waals surface area (Å²) < 4.78 is 13.3. The van der Waals surface area contributed by atoms with Crippen molar-refractivity contribution < 1.29 is 9.18 Å². The molecule has 0 aliphatic rings. The number of halogens is 1. The summed E-state index contributed by atoms with van der Waals surface area (Å²) in [4.78, 5) is 15.8. The first-order valence-corrected chi connectivity index (χ1v) is 5.61. The first-order chi connectivity index (χ1) is 8.66. The van der Waals surface area contributed by atoms with Crippen molar-refractivity contribution in [1.29, 1.82) is 0 Å². The fourth-order valence-electron chi connectivity index (χ4n) is 1.57. The number of nitrogens with one attached hydrogen (secondary N) is 1. The number of hydrogen-bond donors (Lipinski definition) is 1. The van der Waals surface area contributed by atoms with E-state index in [0.29, 0.717) is 11.3 Å². The molecule has 1 aromatic carbocycles. The van der Waals surface area contributed by atoms with E-state index in [4.69, 9.17) is 0 Å². The van der Waals surface area contributed by atoms with Gasteiger partial charge in [0.2, 0.25) is 0 Å². The molecule has 1 amide bonds. The Balaban J connectivity index is 2.03. The van der Waals surface area contributed by atoms with Gasteiger partial charge >= 0.3 is 0 Å². The first-order valence-electron chi connectivity index (χ1n) is 5.61. The van der Waals surface area contributed by atoms with Crippen LogP contribution in [0.15, 0.2) is 42.6 Å². The summed E-state index contributed by atoms with van der Waals surface area (Å²) in [6, 6.07) is 9.86. The Morgan fingerprint density at radius 1 is 1.33 bits per heavy atom. The van der Waals surface area contributed by atoms with E-state index in [1.165, 1.54) is 6.07 Å². The van der Waals surface area contributed by atoms with Gasteiger partial charge in [-0.05, 0) is 30.7 Å². The minimum atomic E-state index is -0.324. The Labute approximate surface area is 105 Å². The Morgan fingerprint density at radius 2 is 2.11 bits per heavy atom. The fraction of sp³-hybridized carbons (Fsp3) is 0.143. The van der Waals surface area contributed by atoms with Crippen molar-refractivity contribution in [3.63, 3.8) is 0 Å². The van der Waals surface area contributed by atoms with Gasteiger partial charge in [0.25, 0.3) is 5.91 Å². The predicted octanol–water partition coefficient (Wildman–Crippen LogP) is 2.46. The van der Waals surface area contributed by atoms with Gasteiger partial charge in [0.1, 0.15) is 11.5 Å². The molecule has 0 saturated heterocycles. The molecule has 0 fully saturated rings. The average molecular weight is 244 g/mol. The molecule has 1 heterocycles. The molecule has 0 aliphatic heterocycles. The van der Waals surface area contributed by atoms with Crippen molar-refractivity contribution in [2.24, 2.45) is 0 Å². The highest BCUT2D eigenvalue weighted by atomic mass is 19.1. The molecule has 0 aliphatic carbocycles.